The fourth-order valence-electron chi connectivity index (χ4n) is 3.65. The number of halogens is 5. The normalized spacial score (nSPS) is 16.7. The fraction of sp³-hybridized carbons (Fsp3) is 0.409. The summed E-state index contributed by atoms with van der Waals surface area (Å²) in [5.41, 5.74) is 1.12. The summed E-state index contributed by atoms with van der Waals surface area (Å²) in [7, 11) is 0. The first-order valence-corrected chi connectivity index (χ1v) is 9.73. The molecule has 0 aromatic heterocycles. The molecule has 162 valence electrons. The zero-order valence-electron chi connectivity index (χ0n) is 16.2. The molecule has 1 saturated heterocycles. The number of amides is 1. The average molecular weight is 427 g/mol. The molecule has 0 aliphatic carbocycles. The molecule has 0 unspecified atom stereocenters. The lowest BCUT2D eigenvalue weighted by Crippen LogP contribution is -2.35. The third kappa shape index (κ3) is 5.78. The van der Waals surface area contributed by atoms with E-state index < -0.39 is 36.4 Å². The van der Waals surface area contributed by atoms with Gasteiger partial charge in [0.15, 0.2) is 0 Å². The van der Waals surface area contributed by atoms with Crippen LogP contribution < -0.4 is 0 Å². The molecule has 0 spiro atoms. The van der Waals surface area contributed by atoms with Crippen LogP contribution in [-0.2, 0) is 9.53 Å². The van der Waals surface area contributed by atoms with Crippen molar-refractivity contribution in [2.24, 2.45) is 0 Å². The molecule has 1 amide bonds. The quantitative estimate of drug-likeness (QED) is 0.398. The number of ether oxygens (including phenoxy) is 1. The molecule has 3 rings (SSSR count). The second-order valence-corrected chi connectivity index (χ2v) is 7.25. The van der Waals surface area contributed by atoms with Gasteiger partial charge in [-0.05, 0) is 48.2 Å². The molecule has 1 aliphatic heterocycles. The van der Waals surface area contributed by atoms with Crippen molar-refractivity contribution in [3.63, 3.8) is 0 Å². The smallest absolute Gasteiger partial charge is 0.371 e. The molecule has 0 radical (unpaired) electrons. The molecule has 2 aromatic carbocycles. The molecule has 0 bridgehead atoms. The van der Waals surface area contributed by atoms with E-state index in [0.29, 0.717) is 30.5 Å². The first-order chi connectivity index (χ1) is 14.2. The van der Waals surface area contributed by atoms with E-state index in [-0.39, 0.29) is 18.9 Å². The van der Waals surface area contributed by atoms with E-state index in [1.165, 1.54) is 48.5 Å². The van der Waals surface area contributed by atoms with Crippen molar-refractivity contribution < 1.29 is 31.5 Å². The molecule has 1 fully saturated rings. The maximum atomic E-state index is 13.5. The molecular formula is C22H22F5NO2. The number of hydrogen-bond acceptors (Lipinski definition) is 2. The highest BCUT2D eigenvalue weighted by molar-refractivity contribution is 5.78. The maximum absolute atomic E-state index is 13.5. The lowest BCUT2D eigenvalue weighted by atomic mass is 9.94. The Morgan fingerprint density at radius 2 is 1.50 bits per heavy atom. The minimum Gasteiger partial charge on any atom is -0.371 e. The Bertz CT molecular complexity index is 836. The standard InChI is InChI=1S/C22H22F5NO2/c23-17-8-4-15(5-9-17)20(28-13-1-3-19(28)29)21(16-6-10-18(24)11-7-16)30-14-2-12-22(25,26)27/h4-11,20-21H,1-3,12-14H2/t20-,21-/m1/s1. The van der Waals surface area contributed by atoms with E-state index in [9.17, 15) is 26.7 Å². The van der Waals surface area contributed by atoms with Crippen molar-refractivity contribution >= 4 is 5.91 Å². The Kier molecular flexibility index (Phi) is 7.07. The van der Waals surface area contributed by atoms with Crippen LogP contribution in [0, 0.1) is 11.6 Å². The molecule has 0 N–H and O–H groups in total. The van der Waals surface area contributed by atoms with Crippen LogP contribution in [0.1, 0.15) is 49.0 Å². The van der Waals surface area contributed by atoms with Crippen LogP contribution in [0.25, 0.3) is 0 Å². The van der Waals surface area contributed by atoms with E-state index in [0.717, 1.165) is 0 Å². The number of alkyl halides is 3. The van der Waals surface area contributed by atoms with Crippen molar-refractivity contribution in [3.05, 3.63) is 71.3 Å². The van der Waals surface area contributed by atoms with Gasteiger partial charge in [0.25, 0.3) is 0 Å². The molecule has 1 aliphatic rings. The van der Waals surface area contributed by atoms with Crippen molar-refractivity contribution in [3.8, 4) is 0 Å². The summed E-state index contributed by atoms with van der Waals surface area (Å²) >= 11 is 0. The first-order valence-electron chi connectivity index (χ1n) is 9.73. The molecule has 3 nitrogen and oxygen atoms in total. The first kappa shape index (κ1) is 22.2. The lowest BCUT2D eigenvalue weighted by molar-refractivity contribution is -0.141. The van der Waals surface area contributed by atoms with Crippen LogP contribution in [0.5, 0.6) is 0 Å². The van der Waals surface area contributed by atoms with Gasteiger partial charge in [0.05, 0.1) is 6.04 Å². The minimum absolute atomic E-state index is 0.115. The van der Waals surface area contributed by atoms with Crippen molar-refractivity contribution in [2.75, 3.05) is 13.2 Å². The van der Waals surface area contributed by atoms with Crippen molar-refractivity contribution in [2.45, 2.75) is 44.0 Å². The topological polar surface area (TPSA) is 29.5 Å². The van der Waals surface area contributed by atoms with Crippen LogP contribution in [0.15, 0.2) is 48.5 Å². The SMILES string of the molecule is O=C1CCCN1[C@H](c1ccc(F)cc1)[C@H](OCCCC(F)(F)F)c1ccc(F)cc1. The minimum atomic E-state index is -4.30. The number of carbonyl (C=O) groups is 1. The number of carbonyl (C=O) groups excluding carboxylic acids is 1. The Balaban J connectivity index is 1.93. The highest BCUT2D eigenvalue weighted by atomic mass is 19.4. The molecule has 2 aromatic rings. The molecule has 8 heteroatoms. The predicted molar refractivity (Wildman–Crippen MR) is 100 cm³/mol. The third-order valence-corrected chi connectivity index (χ3v) is 5.04. The fourth-order valence-corrected chi connectivity index (χ4v) is 3.65. The van der Waals surface area contributed by atoms with E-state index in [4.69, 9.17) is 4.74 Å². The van der Waals surface area contributed by atoms with Crippen LogP contribution in [-0.4, -0.2) is 30.1 Å². The molecule has 2 atom stereocenters. The summed E-state index contributed by atoms with van der Waals surface area (Å²) < 4.78 is 70.3. The van der Waals surface area contributed by atoms with Crippen LogP contribution in [0.3, 0.4) is 0 Å². The number of rotatable bonds is 8. The van der Waals surface area contributed by atoms with E-state index in [1.807, 2.05) is 0 Å². The number of benzene rings is 2. The Hall–Kier alpha value is -2.48. The Labute approximate surface area is 171 Å². The van der Waals surface area contributed by atoms with E-state index in [1.54, 1.807) is 4.90 Å². The van der Waals surface area contributed by atoms with Crippen molar-refractivity contribution in [1.82, 2.24) is 4.90 Å². The highest BCUT2D eigenvalue weighted by Gasteiger charge is 2.36. The summed E-state index contributed by atoms with van der Waals surface area (Å²) in [6, 6.07) is 10.3. The van der Waals surface area contributed by atoms with E-state index in [2.05, 4.69) is 0 Å². The summed E-state index contributed by atoms with van der Waals surface area (Å²) in [4.78, 5) is 14.1. The summed E-state index contributed by atoms with van der Waals surface area (Å²) in [5.74, 6) is -1.03. The largest absolute Gasteiger partial charge is 0.389 e. The summed E-state index contributed by atoms with van der Waals surface area (Å²) in [5, 5.41) is 0. The Morgan fingerprint density at radius 3 is 2.00 bits per heavy atom. The molecule has 0 saturated carbocycles. The van der Waals surface area contributed by atoms with Gasteiger partial charge in [-0.15, -0.1) is 0 Å². The number of likely N-dealkylation sites (tertiary alicyclic amines) is 1. The third-order valence-electron chi connectivity index (χ3n) is 5.04. The van der Waals surface area contributed by atoms with Gasteiger partial charge in [0.1, 0.15) is 17.7 Å². The van der Waals surface area contributed by atoms with Crippen molar-refractivity contribution in [1.29, 1.82) is 0 Å². The maximum Gasteiger partial charge on any atom is 0.389 e. The average Bonchev–Trinajstić information content (AvgIpc) is 3.11. The van der Waals surface area contributed by atoms with E-state index >= 15 is 0 Å². The van der Waals surface area contributed by atoms with Gasteiger partial charge in [-0.3, -0.25) is 4.79 Å². The van der Waals surface area contributed by atoms with Gasteiger partial charge in [0, 0.05) is 26.0 Å². The summed E-state index contributed by atoms with van der Waals surface area (Å²) in [6.45, 7) is 0.256. The van der Waals surface area contributed by atoms with Gasteiger partial charge in [-0.2, -0.15) is 13.2 Å². The zero-order chi connectivity index (χ0) is 21.7. The zero-order valence-corrected chi connectivity index (χ0v) is 16.2. The van der Waals surface area contributed by atoms with Crippen LogP contribution in [0.2, 0.25) is 0 Å². The lowest BCUT2D eigenvalue weighted by Gasteiger charge is -2.35. The monoisotopic (exact) mass is 427 g/mol. The molecular weight excluding hydrogens is 405 g/mol. The van der Waals surface area contributed by atoms with Gasteiger partial charge < -0.3 is 9.64 Å². The highest BCUT2D eigenvalue weighted by Crippen LogP contribution is 2.39. The number of nitrogens with zero attached hydrogens (tertiary/aromatic N) is 1. The second-order valence-electron chi connectivity index (χ2n) is 7.25. The van der Waals surface area contributed by atoms with Gasteiger partial charge in [0.2, 0.25) is 5.91 Å². The van der Waals surface area contributed by atoms with Gasteiger partial charge >= 0.3 is 6.18 Å². The molecule has 30 heavy (non-hydrogen) atoms. The van der Waals surface area contributed by atoms with Gasteiger partial charge in [-0.25, -0.2) is 8.78 Å². The number of hydrogen-bond donors (Lipinski definition) is 0. The van der Waals surface area contributed by atoms with Crippen LogP contribution >= 0.6 is 0 Å². The molecule has 1 heterocycles. The van der Waals surface area contributed by atoms with Gasteiger partial charge in [-0.1, -0.05) is 24.3 Å². The predicted octanol–water partition coefficient (Wildman–Crippen LogP) is 5.73. The second kappa shape index (κ2) is 9.55. The summed E-state index contributed by atoms with van der Waals surface area (Å²) in [6.07, 6.45) is -5.37. The Morgan fingerprint density at radius 1 is 0.933 bits per heavy atom. The van der Waals surface area contributed by atoms with Crippen LogP contribution in [0.4, 0.5) is 22.0 Å².